The van der Waals surface area contributed by atoms with E-state index in [0.717, 1.165) is 18.7 Å². The van der Waals surface area contributed by atoms with Gasteiger partial charge in [-0.15, -0.1) is 0 Å². The number of nitrogens with zero attached hydrogens (tertiary/aromatic N) is 1. The van der Waals surface area contributed by atoms with E-state index in [1.54, 1.807) is 6.07 Å². The van der Waals surface area contributed by atoms with Gasteiger partial charge in [0.05, 0.1) is 11.6 Å². The summed E-state index contributed by atoms with van der Waals surface area (Å²) >= 11 is 12.3. The number of ether oxygens (including phenoxy) is 1. The van der Waals surface area contributed by atoms with Gasteiger partial charge in [-0.2, -0.15) is 0 Å². The normalized spacial score (nSPS) is 27.6. The third-order valence-corrected chi connectivity index (χ3v) is 6.55. The molecule has 2 bridgehead atoms. The molecule has 0 N–H and O–H groups in total. The van der Waals surface area contributed by atoms with Crippen LogP contribution in [0.4, 0.5) is 0 Å². The van der Waals surface area contributed by atoms with Crippen molar-refractivity contribution in [2.24, 2.45) is 5.92 Å². The van der Waals surface area contributed by atoms with Gasteiger partial charge in [0.15, 0.2) is 0 Å². The Bertz CT molecular complexity index is 532. The molecule has 0 radical (unpaired) electrons. The van der Waals surface area contributed by atoms with Crippen LogP contribution < -0.4 is 4.74 Å². The highest BCUT2D eigenvalue weighted by molar-refractivity contribution is 6.42. The standard InChI is InChI=1S/C19H27Cl2NO/c1-3-14(4-2)22-15-9-8-13(17(22)11-10-15)12-23-18-7-5-6-16(20)19(18)21/h5-7,13-15,17H,3-4,8-12H2,1-2H3/t13-,15?,17?/m0/s1. The molecule has 4 heteroatoms. The van der Waals surface area contributed by atoms with E-state index in [2.05, 4.69) is 18.7 Å². The fourth-order valence-corrected chi connectivity index (χ4v) is 4.92. The molecule has 2 heterocycles. The Hall–Kier alpha value is -0.440. The number of piperidine rings is 1. The van der Waals surface area contributed by atoms with Gasteiger partial charge in [0.1, 0.15) is 10.8 Å². The molecule has 1 aromatic carbocycles. The van der Waals surface area contributed by atoms with E-state index in [-0.39, 0.29) is 0 Å². The molecule has 3 rings (SSSR count). The molecule has 2 nitrogen and oxygen atoms in total. The topological polar surface area (TPSA) is 12.5 Å². The fraction of sp³-hybridized carbons (Fsp3) is 0.684. The monoisotopic (exact) mass is 355 g/mol. The van der Waals surface area contributed by atoms with E-state index in [9.17, 15) is 0 Å². The Kier molecular flexibility index (Phi) is 5.77. The molecule has 1 aromatic rings. The van der Waals surface area contributed by atoms with Gasteiger partial charge in [-0.3, -0.25) is 4.90 Å². The van der Waals surface area contributed by atoms with Crippen LogP contribution in [0.1, 0.15) is 52.4 Å². The lowest BCUT2D eigenvalue weighted by Gasteiger charge is -2.44. The van der Waals surface area contributed by atoms with Gasteiger partial charge in [-0.05, 0) is 50.7 Å². The first-order valence-electron chi connectivity index (χ1n) is 8.99. The molecule has 0 aliphatic carbocycles. The molecule has 2 aliphatic rings. The maximum Gasteiger partial charge on any atom is 0.139 e. The molecule has 3 atom stereocenters. The zero-order chi connectivity index (χ0) is 16.4. The van der Waals surface area contributed by atoms with Crippen molar-refractivity contribution in [2.75, 3.05) is 6.61 Å². The second-order valence-electron chi connectivity index (χ2n) is 6.92. The van der Waals surface area contributed by atoms with Crippen LogP contribution in [0.3, 0.4) is 0 Å². The fourth-order valence-electron chi connectivity index (χ4n) is 4.57. The van der Waals surface area contributed by atoms with E-state index < -0.39 is 0 Å². The molecule has 128 valence electrons. The zero-order valence-corrected chi connectivity index (χ0v) is 15.6. The molecule has 0 saturated carbocycles. The Labute approximate surface area is 150 Å². The number of hydrogen-bond acceptors (Lipinski definition) is 2. The van der Waals surface area contributed by atoms with E-state index in [1.165, 1.54) is 38.5 Å². The van der Waals surface area contributed by atoms with Crippen molar-refractivity contribution in [2.45, 2.75) is 70.5 Å². The average Bonchev–Trinajstić information content (AvgIpc) is 2.85. The number of rotatable bonds is 6. The highest BCUT2D eigenvalue weighted by atomic mass is 35.5. The number of fused-ring (bicyclic) bond motifs is 2. The van der Waals surface area contributed by atoms with Crippen molar-refractivity contribution in [1.82, 2.24) is 4.90 Å². The maximum absolute atomic E-state index is 6.25. The van der Waals surface area contributed by atoms with Crippen molar-refractivity contribution in [3.05, 3.63) is 28.2 Å². The summed E-state index contributed by atoms with van der Waals surface area (Å²) in [6.45, 7) is 5.38. The summed E-state index contributed by atoms with van der Waals surface area (Å²) in [5.41, 5.74) is 0. The molecule has 0 spiro atoms. The molecular weight excluding hydrogens is 329 g/mol. The lowest BCUT2D eigenvalue weighted by Crippen LogP contribution is -2.51. The van der Waals surface area contributed by atoms with Gasteiger partial charge in [-0.25, -0.2) is 0 Å². The highest BCUT2D eigenvalue weighted by Crippen LogP contribution is 2.42. The molecule has 2 fully saturated rings. The lowest BCUT2D eigenvalue weighted by atomic mass is 9.88. The number of hydrogen-bond donors (Lipinski definition) is 0. The number of benzene rings is 1. The molecule has 2 aliphatic heterocycles. The summed E-state index contributed by atoms with van der Waals surface area (Å²) in [4.78, 5) is 2.82. The van der Waals surface area contributed by atoms with Crippen molar-refractivity contribution in [3.63, 3.8) is 0 Å². The van der Waals surface area contributed by atoms with Gasteiger partial charge < -0.3 is 4.74 Å². The number of halogens is 2. The van der Waals surface area contributed by atoms with Crippen molar-refractivity contribution in [3.8, 4) is 5.75 Å². The lowest BCUT2D eigenvalue weighted by molar-refractivity contribution is 0.0262. The van der Waals surface area contributed by atoms with Crippen molar-refractivity contribution in [1.29, 1.82) is 0 Å². The average molecular weight is 356 g/mol. The van der Waals surface area contributed by atoms with Crippen LogP contribution in [0.25, 0.3) is 0 Å². The molecule has 2 saturated heterocycles. The molecule has 0 aromatic heterocycles. The van der Waals surface area contributed by atoms with E-state index in [1.807, 2.05) is 12.1 Å². The van der Waals surface area contributed by atoms with Crippen molar-refractivity contribution >= 4 is 23.2 Å². The summed E-state index contributed by atoms with van der Waals surface area (Å²) in [6, 6.07) is 7.81. The SMILES string of the molecule is CCC(CC)N1C2CCC1[C@H](COc1cccc(Cl)c1Cl)CC2. The predicted molar refractivity (Wildman–Crippen MR) is 97.7 cm³/mol. The summed E-state index contributed by atoms with van der Waals surface area (Å²) in [5, 5.41) is 1.10. The van der Waals surface area contributed by atoms with Crippen LogP contribution in [0.2, 0.25) is 10.0 Å². The van der Waals surface area contributed by atoms with E-state index in [0.29, 0.717) is 27.8 Å². The minimum Gasteiger partial charge on any atom is -0.492 e. The van der Waals surface area contributed by atoms with Gasteiger partial charge in [0.2, 0.25) is 0 Å². The minimum absolute atomic E-state index is 0.533. The first kappa shape index (κ1) is 17.4. The second kappa shape index (κ2) is 7.63. The quantitative estimate of drug-likeness (QED) is 0.638. The second-order valence-corrected chi connectivity index (χ2v) is 7.70. The molecular formula is C19H27Cl2NO. The highest BCUT2D eigenvalue weighted by Gasteiger charge is 2.44. The Morgan fingerprint density at radius 3 is 2.61 bits per heavy atom. The third-order valence-electron chi connectivity index (χ3n) is 5.75. The van der Waals surface area contributed by atoms with Crippen molar-refractivity contribution < 1.29 is 4.74 Å². The third kappa shape index (κ3) is 3.50. The Balaban J connectivity index is 1.67. The largest absolute Gasteiger partial charge is 0.492 e. The smallest absolute Gasteiger partial charge is 0.139 e. The predicted octanol–water partition coefficient (Wildman–Crippen LogP) is 5.80. The minimum atomic E-state index is 0.533. The van der Waals surface area contributed by atoms with Crippen LogP contribution in [0.5, 0.6) is 5.75 Å². The molecule has 23 heavy (non-hydrogen) atoms. The Morgan fingerprint density at radius 2 is 1.87 bits per heavy atom. The summed E-state index contributed by atoms with van der Waals surface area (Å²) in [6.07, 6.45) is 7.75. The zero-order valence-electron chi connectivity index (χ0n) is 14.1. The van der Waals surface area contributed by atoms with Crippen LogP contribution in [0, 0.1) is 5.92 Å². The van der Waals surface area contributed by atoms with Gasteiger partial charge in [-0.1, -0.05) is 43.1 Å². The Morgan fingerprint density at radius 1 is 1.13 bits per heavy atom. The van der Waals surface area contributed by atoms with E-state index in [4.69, 9.17) is 27.9 Å². The maximum atomic E-state index is 6.25. The van der Waals surface area contributed by atoms with Gasteiger partial charge in [0, 0.05) is 24.0 Å². The van der Waals surface area contributed by atoms with Crippen LogP contribution in [-0.4, -0.2) is 29.6 Å². The van der Waals surface area contributed by atoms with Crippen LogP contribution in [0.15, 0.2) is 18.2 Å². The van der Waals surface area contributed by atoms with E-state index >= 15 is 0 Å². The summed E-state index contributed by atoms with van der Waals surface area (Å²) in [7, 11) is 0. The van der Waals surface area contributed by atoms with Crippen LogP contribution >= 0.6 is 23.2 Å². The van der Waals surface area contributed by atoms with Gasteiger partial charge >= 0.3 is 0 Å². The molecule has 2 unspecified atom stereocenters. The summed E-state index contributed by atoms with van der Waals surface area (Å²) in [5.74, 6) is 1.32. The first-order chi connectivity index (χ1) is 11.2. The summed E-state index contributed by atoms with van der Waals surface area (Å²) < 4.78 is 6.06. The van der Waals surface area contributed by atoms with Crippen LogP contribution in [-0.2, 0) is 0 Å². The van der Waals surface area contributed by atoms with Gasteiger partial charge in [0.25, 0.3) is 0 Å². The first-order valence-corrected chi connectivity index (χ1v) is 9.75. The molecule has 0 amide bonds.